The number of hydrogen-bond acceptors (Lipinski definition) is 10. The summed E-state index contributed by atoms with van der Waals surface area (Å²) in [6.07, 6.45) is -0.280. The fourth-order valence-corrected chi connectivity index (χ4v) is 7.61. The van der Waals surface area contributed by atoms with Crippen LogP contribution in [0.2, 0.25) is 0 Å². The molecule has 7 unspecified atom stereocenters. The van der Waals surface area contributed by atoms with E-state index in [0.29, 0.717) is 25.2 Å². The Hall–Kier alpha value is -2.05. The Morgan fingerprint density at radius 3 is 2.42 bits per heavy atom. The van der Waals surface area contributed by atoms with Gasteiger partial charge < -0.3 is 18.9 Å². The van der Waals surface area contributed by atoms with Crippen LogP contribution in [0.1, 0.15) is 38.5 Å². The van der Waals surface area contributed by atoms with Crippen LogP contribution in [0.25, 0.3) is 0 Å². The molecule has 7 aliphatic rings. The normalized spacial score (nSPS) is 46.5. The quantitative estimate of drug-likeness (QED) is 0.230. The summed E-state index contributed by atoms with van der Waals surface area (Å²) in [5.41, 5.74) is -2.43. The second-order valence-corrected chi connectivity index (χ2v) is 12.0. The minimum absolute atomic E-state index is 0.0884. The molecule has 4 aliphatic carbocycles. The lowest BCUT2D eigenvalue weighted by molar-refractivity contribution is -0.185. The molecule has 7 atom stereocenters. The second kappa shape index (κ2) is 6.76. The molecule has 0 amide bonds. The summed E-state index contributed by atoms with van der Waals surface area (Å²) in [6, 6.07) is 0. The molecule has 12 heteroatoms. The molecule has 3 aliphatic heterocycles. The molecule has 4 saturated carbocycles. The maximum atomic E-state index is 13.3. The highest BCUT2D eigenvalue weighted by Crippen LogP contribution is 2.60. The Morgan fingerprint density at radius 1 is 1.06 bits per heavy atom. The Balaban J connectivity index is 1.16. The van der Waals surface area contributed by atoms with Gasteiger partial charge in [-0.15, -0.1) is 0 Å². The van der Waals surface area contributed by atoms with E-state index in [1.807, 2.05) is 0 Å². The average Bonchev–Trinajstić information content (AvgIpc) is 3.33. The first kappa shape index (κ1) is 21.5. The number of carbonyl (C=O) groups excluding carboxylic acids is 4. The number of Topliss-reactive ketones (excluding diaryl/α,β-unsaturated/α-hetero) is 1. The highest BCUT2D eigenvalue weighted by Gasteiger charge is 2.77. The SMILES string of the molecule is O=C1C2CC3CC1CC(C(=O)OC1C4CC5(C(=O)OCCS(=O)(=O)O)C(=O)OC1C5O4)(C3)C2. The molecule has 180 valence electrons. The second-order valence-electron chi connectivity index (χ2n) is 10.5. The van der Waals surface area contributed by atoms with Gasteiger partial charge in [0.25, 0.3) is 10.1 Å². The third kappa shape index (κ3) is 2.96. The number of ether oxygens (including phenoxy) is 4. The van der Waals surface area contributed by atoms with Gasteiger partial charge in [0.1, 0.15) is 30.4 Å². The zero-order valence-electron chi connectivity index (χ0n) is 17.6. The Morgan fingerprint density at radius 2 is 1.76 bits per heavy atom. The molecule has 0 aromatic heterocycles. The van der Waals surface area contributed by atoms with Crippen LogP contribution in [0, 0.1) is 28.6 Å². The lowest BCUT2D eigenvalue weighted by Crippen LogP contribution is -2.56. The average molecular weight is 484 g/mol. The topological polar surface area (TPSA) is 160 Å². The van der Waals surface area contributed by atoms with E-state index in [9.17, 15) is 27.6 Å². The summed E-state index contributed by atoms with van der Waals surface area (Å²) >= 11 is 0. The van der Waals surface area contributed by atoms with E-state index >= 15 is 0 Å². The smallest absolute Gasteiger partial charge is 0.326 e. The zero-order valence-corrected chi connectivity index (χ0v) is 18.5. The number of hydrogen-bond donors (Lipinski definition) is 1. The van der Waals surface area contributed by atoms with E-state index in [2.05, 4.69) is 0 Å². The van der Waals surface area contributed by atoms with Crippen molar-refractivity contribution in [2.24, 2.45) is 28.6 Å². The van der Waals surface area contributed by atoms with E-state index < -0.39 is 69.7 Å². The predicted octanol–water partition coefficient (Wildman–Crippen LogP) is -0.192. The van der Waals surface area contributed by atoms with Crippen LogP contribution in [0.3, 0.4) is 0 Å². The van der Waals surface area contributed by atoms with Crippen molar-refractivity contribution in [1.29, 1.82) is 0 Å². The minimum atomic E-state index is -4.33. The van der Waals surface area contributed by atoms with Crippen LogP contribution >= 0.6 is 0 Å². The molecule has 6 bridgehead atoms. The molecule has 7 rings (SSSR count). The van der Waals surface area contributed by atoms with E-state index in [4.69, 9.17) is 23.5 Å². The van der Waals surface area contributed by atoms with Crippen molar-refractivity contribution in [1.82, 2.24) is 0 Å². The lowest BCUT2D eigenvalue weighted by Gasteiger charge is -2.54. The maximum absolute atomic E-state index is 13.3. The number of rotatable bonds is 6. The first-order valence-corrected chi connectivity index (χ1v) is 12.9. The fourth-order valence-electron chi connectivity index (χ4n) is 7.32. The van der Waals surface area contributed by atoms with Crippen LogP contribution in [0.4, 0.5) is 0 Å². The highest BCUT2D eigenvalue weighted by atomic mass is 32.2. The van der Waals surface area contributed by atoms with Gasteiger partial charge in [-0.25, -0.2) is 0 Å². The van der Waals surface area contributed by atoms with Gasteiger partial charge in [-0.1, -0.05) is 0 Å². The predicted molar refractivity (Wildman–Crippen MR) is 104 cm³/mol. The summed E-state index contributed by atoms with van der Waals surface area (Å²) in [4.78, 5) is 51.1. The molecule has 0 radical (unpaired) electrons. The van der Waals surface area contributed by atoms with Crippen LogP contribution in [0.5, 0.6) is 0 Å². The van der Waals surface area contributed by atoms with E-state index in [1.165, 1.54) is 0 Å². The van der Waals surface area contributed by atoms with E-state index in [1.54, 1.807) is 0 Å². The molecular formula is C21H24O11S. The van der Waals surface area contributed by atoms with E-state index in [-0.39, 0.29) is 30.0 Å². The molecule has 3 saturated heterocycles. The standard InChI is InChI=1S/C21H24O11S/c22-13-10-3-9-4-11(13)7-20(5-9,6-10)17(23)31-14-12-8-21(16(30-12)15(14)32-19(21)25)18(24)29-1-2-33(26,27)28/h9-12,14-16H,1-8H2,(H,26,27,28). The third-order valence-electron chi connectivity index (χ3n) is 8.54. The molecule has 1 N–H and O–H groups in total. The summed E-state index contributed by atoms with van der Waals surface area (Å²) in [5.74, 6) is -2.58. The van der Waals surface area contributed by atoms with Crippen molar-refractivity contribution in [3.8, 4) is 0 Å². The van der Waals surface area contributed by atoms with Gasteiger partial charge in [0, 0.05) is 18.3 Å². The van der Waals surface area contributed by atoms with Gasteiger partial charge in [0.2, 0.25) is 0 Å². The Labute approximate surface area is 189 Å². The Kier molecular flexibility index (Phi) is 4.40. The van der Waals surface area contributed by atoms with Gasteiger partial charge in [-0.3, -0.25) is 23.7 Å². The fraction of sp³-hybridized carbons (Fsp3) is 0.810. The third-order valence-corrected chi connectivity index (χ3v) is 9.22. The summed E-state index contributed by atoms with van der Waals surface area (Å²) in [6.45, 7) is -0.613. The molecule has 11 nitrogen and oxygen atoms in total. The summed E-state index contributed by atoms with van der Waals surface area (Å²) in [5, 5.41) is 0. The van der Waals surface area contributed by atoms with Crippen LogP contribution in [0.15, 0.2) is 0 Å². The van der Waals surface area contributed by atoms with Crippen molar-refractivity contribution in [2.75, 3.05) is 12.4 Å². The molecular weight excluding hydrogens is 460 g/mol. The largest absolute Gasteiger partial charge is 0.464 e. The molecule has 3 heterocycles. The number of fused-ring (bicyclic) bond motifs is 1. The maximum Gasteiger partial charge on any atom is 0.326 e. The highest BCUT2D eigenvalue weighted by molar-refractivity contribution is 7.85. The van der Waals surface area contributed by atoms with Crippen molar-refractivity contribution in [2.45, 2.75) is 62.9 Å². The van der Waals surface area contributed by atoms with Gasteiger partial charge in [0.15, 0.2) is 17.6 Å². The van der Waals surface area contributed by atoms with Gasteiger partial charge in [0.05, 0.1) is 5.41 Å². The van der Waals surface area contributed by atoms with Crippen LogP contribution in [-0.4, -0.2) is 73.4 Å². The molecule has 0 aromatic rings. The van der Waals surface area contributed by atoms with Crippen molar-refractivity contribution >= 4 is 33.8 Å². The van der Waals surface area contributed by atoms with Crippen LogP contribution in [-0.2, 0) is 48.2 Å². The minimum Gasteiger partial charge on any atom is -0.464 e. The summed E-state index contributed by atoms with van der Waals surface area (Å²) < 4.78 is 52.5. The number of carbonyl (C=O) groups is 4. The van der Waals surface area contributed by atoms with Gasteiger partial charge in [-0.2, -0.15) is 8.42 Å². The first-order chi connectivity index (χ1) is 15.5. The monoisotopic (exact) mass is 484 g/mol. The van der Waals surface area contributed by atoms with Crippen molar-refractivity contribution in [3.05, 3.63) is 0 Å². The van der Waals surface area contributed by atoms with Gasteiger partial charge >= 0.3 is 17.9 Å². The Bertz CT molecular complexity index is 1050. The van der Waals surface area contributed by atoms with Gasteiger partial charge in [-0.05, 0) is 38.0 Å². The lowest BCUT2D eigenvalue weighted by atomic mass is 9.49. The van der Waals surface area contributed by atoms with Crippen LogP contribution < -0.4 is 0 Å². The van der Waals surface area contributed by atoms with Crippen molar-refractivity contribution < 1.29 is 51.1 Å². The zero-order chi connectivity index (χ0) is 23.3. The van der Waals surface area contributed by atoms with E-state index in [0.717, 1.165) is 12.8 Å². The summed E-state index contributed by atoms with van der Waals surface area (Å²) in [7, 11) is -4.33. The number of ketones is 1. The molecule has 0 spiro atoms. The number of esters is 3. The molecule has 33 heavy (non-hydrogen) atoms. The first-order valence-electron chi connectivity index (χ1n) is 11.3. The molecule has 0 aromatic carbocycles. The molecule has 7 fully saturated rings. The van der Waals surface area contributed by atoms with Crippen molar-refractivity contribution in [3.63, 3.8) is 0 Å².